The summed E-state index contributed by atoms with van der Waals surface area (Å²) in [5.74, 6) is 2.96. The molecule has 1 atom stereocenters. The molecule has 0 bridgehead atoms. The molecule has 0 radical (unpaired) electrons. The van der Waals surface area contributed by atoms with Crippen LogP contribution in [0.25, 0.3) is 4.91 Å². The van der Waals surface area contributed by atoms with Crippen LogP contribution in [0, 0.1) is 11.8 Å². The van der Waals surface area contributed by atoms with Gasteiger partial charge < -0.3 is 11.5 Å². The van der Waals surface area contributed by atoms with E-state index in [1.165, 1.54) is 41.9 Å². The zero-order valence-electron chi connectivity index (χ0n) is 13.2. The second-order valence-corrected chi connectivity index (χ2v) is 8.35. The van der Waals surface area contributed by atoms with Crippen LogP contribution in [0.15, 0.2) is 23.1 Å². The van der Waals surface area contributed by atoms with Gasteiger partial charge in [-0.15, -0.1) is 24.4 Å². The molecule has 0 aliphatic heterocycles. The van der Waals surface area contributed by atoms with Crippen molar-refractivity contribution in [1.29, 1.82) is 0 Å². The van der Waals surface area contributed by atoms with E-state index in [0.717, 1.165) is 34.4 Å². The molecule has 3 rings (SSSR count). The molecule has 1 fully saturated rings. The molecule has 0 heterocycles. The Labute approximate surface area is 143 Å². The van der Waals surface area contributed by atoms with Crippen molar-refractivity contribution < 1.29 is 0 Å². The second-order valence-electron chi connectivity index (χ2n) is 6.81. The Bertz CT molecular complexity index is 575. The van der Waals surface area contributed by atoms with E-state index in [-0.39, 0.29) is 6.04 Å². The first kappa shape index (κ1) is 16.3. The van der Waals surface area contributed by atoms with Crippen molar-refractivity contribution in [3.8, 4) is 0 Å². The lowest BCUT2D eigenvalue weighted by molar-refractivity contribution is 0.311. The molecule has 120 valence electrons. The first-order valence-corrected chi connectivity index (χ1v) is 9.69. The Hall–Kier alpha value is -0.580. The molecule has 2 aliphatic carbocycles. The highest BCUT2D eigenvalue weighted by molar-refractivity contribution is 7.99. The van der Waals surface area contributed by atoms with Gasteiger partial charge in [-0.25, -0.2) is 0 Å². The van der Waals surface area contributed by atoms with E-state index in [1.54, 1.807) is 0 Å². The van der Waals surface area contributed by atoms with Gasteiger partial charge in [0.15, 0.2) is 0 Å². The first-order chi connectivity index (χ1) is 10.6. The van der Waals surface area contributed by atoms with E-state index in [2.05, 4.69) is 31.7 Å². The maximum atomic E-state index is 6.36. The van der Waals surface area contributed by atoms with Crippen molar-refractivity contribution in [2.45, 2.75) is 50.0 Å². The third-order valence-electron chi connectivity index (χ3n) is 5.04. The quantitative estimate of drug-likeness (QED) is 0.420. The molecular weight excluding hydrogens is 308 g/mol. The molecular formula is C18H26N2S2. The van der Waals surface area contributed by atoms with Gasteiger partial charge in [-0.2, -0.15) is 0 Å². The summed E-state index contributed by atoms with van der Waals surface area (Å²) in [7, 11) is 0. The SMILES string of the molecule is CC1CCC(CSc2ccc(N)c3c2C(N)CC=C3S)CC1. The van der Waals surface area contributed by atoms with Gasteiger partial charge in [0.1, 0.15) is 0 Å². The van der Waals surface area contributed by atoms with E-state index in [1.807, 2.05) is 17.8 Å². The smallest absolute Gasteiger partial charge is 0.0403 e. The van der Waals surface area contributed by atoms with Crippen LogP contribution in [0.1, 0.15) is 56.2 Å². The minimum atomic E-state index is 0.0447. The fourth-order valence-corrected chi connectivity index (χ4v) is 5.24. The number of hydrogen-bond donors (Lipinski definition) is 3. The number of thiol groups is 1. The molecule has 4 N–H and O–H groups in total. The van der Waals surface area contributed by atoms with Crippen molar-refractivity contribution in [1.82, 2.24) is 0 Å². The molecule has 4 heteroatoms. The average Bonchev–Trinajstić information content (AvgIpc) is 2.51. The average molecular weight is 335 g/mol. The molecule has 2 aliphatic rings. The maximum absolute atomic E-state index is 6.36. The van der Waals surface area contributed by atoms with Gasteiger partial charge in [0.05, 0.1) is 0 Å². The third-order valence-corrected chi connectivity index (χ3v) is 6.75. The Morgan fingerprint density at radius 1 is 1.23 bits per heavy atom. The van der Waals surface area contributed by atoms with Gasteiger partial charge in [0.25, 0.3) is 0 Å². The number of thioether (sulfide) groups is 1. The number of anilines is 1. The Morgan fingerprint density at radius 2 is 1.95 bits per heavy atom. The second kappa shape index (κ2) is 6.90. The number of benzene rings is 1. The zero-order valence-corrected chi connectivity index (χ0v) is 14.9. The van der Waals surface area contributed by atoms with Crippen molar-refractivity contribution in [3.63, 3.8) is 0 Å². The van der Waals surface area contributed by atoms with Crippen molar-refractivity contribution in [2.24, 2.45) is 17.6 Å². The van der Waals surface area contributed by atoms with Crippen LogP contribution in [-0.2, 0) is 0 Å². The van der Waals surface area contributed by atoms with E-state index < -0.39 is 0 Å². The molecule has 0 spiro atoms. The highest BCUT2D eigenvalue weighted by Gasteiger charge is 2.24. The normalized spacial score (nSPS) is 28.1. The Balaban J connectivity index is 1.77. The van der Waals surface area contributed by atoms with E-state index in [4.69, 9.17) is 11.5 Å². The summed E-state index contributed by atoms with van der Waals surface area (Å²) in [5, 5.41) is 0. The van der Waals surface area contributed by atoms with Crippen LogP contribution in [-0.4, -0.2) is 5.75 Å². The van der Waals surface area contributed by atoms with Crippen LogP contribution in [0.2, 0.25) is 0 Å². The standard InChI is InChI=1S/C18H26N2S2/c1-11-2-4-12(5-3-11)10-22-16-9-7-13(19)17-15(21)8-6-14(20)18(16)17/h7-9,11-12,14,21H,2-6,10,19-20H2,1H3. The molecule has 0 saturated heterocycles. The third kappa shape index (κ3) is 3.34. The van der Waals surface area contributed by atoms with Gasteiger partial charge in [0, 0.05) is 32.8 Å². The molecule has 0 amide bonds. The van der Waals surface area contributed by atoms with Crippen LogP contribution < -0.4 is 11.5 Å². The molecule has 2 nitrogen and oxygen atoms in total. The molecule has 22 heavy (non-hydrogen) atoms. The van der Waals surface area contributed by atoms with Gasteiger partial charge in [-0.3, -0.25) is 0 Å². The summed E-state index contributed by atoms with van der Waals surface area (Å²) in [4.78, 5) is 2.28. The zero-order chi connectivity index (χ0) is 15.7. The predicted molar refractivity (Wildman–Crippen MR) is 101 cm³/mol. The number of hydrogen-bond acceptors (Lipinski definition) is 4. The van der Waals surface area contributed by atoms with Gasteiger partial charge >= 0.3 is 0 Å². The Morgan fingerprint density at radius 3 is 2.68 bits per heavy atom. The molecule has 0 aromatic heterocycles. The highest BCUT2D eigenvalue weighted by atomic mass is 32.2. The molecule has 1 aromatic carbocycles. The van der Waals surface area contributed by atoms with Crippen LogP contribution in [0.4, 0.5) is 5.69 Å². The fraction of sp³-hybridized carbons (Fsp3) is 0.556. The molecule has 1 unspecified atom stereocenters. The van der Waals surface area contributed by atoms with Crippen molar-refractivity contribution >= 4 is 35.0 Å². The lowest BCUT2D eigenvalue weighted by atomic mass is 9.84. The molecule has 1 aromatic rings. The minimum Gasteiger partial charge on any atom is -0.398 e. The number of nitrogens with two attached hydrogens (primary N) is 2. The predicted octanol–water partition coefficient (Wildman–Crippen LogP) is 4.86. The number of rotatable bonds is 3. The maximum Gasteiger partial charge on any atom is 0.0403 e. The summed E-state index contributed by atoms with van der Waals surface area (Å²) in [6, 6.07) is 4.20. The summed E-state index contributed by atoms with van der Waals surface area (Å²) in [6.45, 7) is 2.37. The largest absolute Gasteiger partial charge is 0.398 e. The monoisotopic (exact) mass is 334 g/mol. The van der Waals surface area contributed by atoms with Crippen LogP contribution >= 0.6 is 24.4 Å². The van der Waals surface area contributed by atoms with E-state index >= 15 is 0 Å². The number of fused-ring (bicyclic) bond motifs is 1. The van der Waals surface area contributed by atoms with Gasteiger partial charge in [-0.05, 0) is 48.8 Å². The topological polar surface area (TPSA) is 52.0 Å². The van der Waals surface area contributed by atoms with Crippen LogP contribution in [0.5, 0.6) is 0 Å². The van der Waals surface area contributed by atoms with Crippen molar-refractivity contribution in [2.75, 3.05) is 11.5 Å². The first-order valence-electron chi connectivity index (χ1n) is 8.26. The summed E-state index contributed by atoms with van der Waals surface area (Å²) < 4.78 is 0. The van der Waals surface area contributed by atoms with Gasteiger partial charge in [-0.1, -0.05) is 25.8 Å². The highest BCUT2D eigenvalue weighted by Crippen LogP contribution is 2.43. The van der Waals surface area contributed by atoms with E-state index in [0.29, 0.717) is 0 Å². The lowest BCUT2D eigenvalue weighted by Gasteiger charge is -2.28. The molecule has 1 saturated carbocycles. The summed E-state index contributed by atoms with van der Waals surface area (Å²) in [5.41, 5.74) is 15.6. The Kier molecular flexibility index (Phi) is 5.10. The number of nitrogen functional groups attached to an aromatic ring is 1. The van der Waals surface area contributed by atoms with Crippen LogP contribution in [0.3, 0.4) is 0 Å². The van der Waals surface area contributed by atoms with Gasteiger partial charge in [0.2, 0.25) is 0 Å². The fourth-order valence-electron chi connectivity index (χ4n) is 3.56. The van der Waals surface area contributed by atoms with Crippen molar-refractivity contribution in [3.05, 3.63) is 29.3 Å². The van der Waals surface area contributed by atoms with E-state index in [9.17, 15) is 0 Å². The lowest BCUT2D eigenvalue weighted by Crippen LogP contribution is -2.18. The summed E-state index contributed by atoms with van der Waals surface area (Å²) >= 11 is 6.55. The minimum absolute atomic E-state index is 0.0447. The summed E-state index contributed by atoms with van der Waals surface area (Å²) in [6.07, 6.45) is 8.44.